The fourth-order valence-corrected chi connectivity index (χ4v) is 4.29. The molecule has 0 bridgehead atoms. The van der Waals surface area contributed by atoms with Crippen molar-refractivity contribution in [2.75, 3.05) is 0 Å². The van der Waals surface area contributed by atoms with E-state index >= 15 is 0 Å². The molecule has 1 unspecified atom stereocenters. The van der Waals surface area contributed by atoms with Crippen LogP contribution in [0.25, 0.3) is 0 Å². The Kier molecular flexibility index (Phi) is 23.8. The third kappa shape index (κ3) is 23.6. The van der Waals surface area contributed by atoms with Gasteiger partial charge in [-0.15, -0.1) is 0 Å². The molecule has 0 aromatic rings. The van der Waals surface area contributed by atoms with Crippen molar-refractivity contribution in [3.63, 3.8) is 0 Å². The lowest BCUT2D eigenvalue weighted by Gasteiger charge is -2.16. The van der Waals surface area contributed by atoms with E-state index in [9.17, 15) is 9.59 Å². The second-order valence-electron chi connectivity index (χ2n) is 9.68. The Bertz CT molecular complexity index is 425. The third-order valence-corrected chi connectivity index (χ3v) is 6.34. The minimum atomic E-state index is -0.381. The number of rotatable bonds is 25. The normalized spacial score (nSPS) is 12.1. The summed E-state index contributed by atoms with van der Waals surface area (Å²) in [4.78, 5) is 23.5. The van der Waals surface area contributed by atoms with Crippen LogP contribution in [-0.2, 0) is 14.3 Å². The van der Waals surface area contributed by atoms with Gasteiger partial charge in [0.2, 0.25) is 5.91 Å². The van der Waals surface area contributed by atoms with Crippen molar-refractivity contribution < 1.29 is 14.3 Å². The topological polar surface area (TPSA) is 69.4 Å². The number of carbonyl (C=O) groups excluding carboxylic acids is 2. The van der Waals surface area contributed by atoms with Crippen LogP contribution < -0.4 is 5.73 Å². The van der Waals surface area contributed by atoms with Crippen molar-refractivity contribution >= 4 is 11.9 Å². The van der Waals surface area contributed by atoms with Crippen LogP contribution in [0.4, 0.5) is 0 Å². The van der Waals surface area contributed by atoms with Crippen LogP contribution in [0.2, 0.25) is 0 Å². The van der Waals surface area contributed by atoms with Crippen molar-refractivity contribution in [2.45, 2.75) is 168 Å². The van der Waals surface area contributed by atoms with Gasteiger partial charge in [0.15, 0.2) is 0 Å². The number of esters is 1. The maximum absolute atomic E-state index is 12.2. The minimum Gasteiger partial charge on any atom is -0.462 e. The van der Waals surface area contributed by atoms with Gasteiger partial charge in [0.25, 0.3) is 0 Å². The van der Waals surface area contributed by atoms with Crippen LogP contribution in [0.3, 0.4) is 0 Å². The summed E-state index contributed by atoms with van der Waals surface area (Å²) in [6.07, 6.45) is 26.2. The molecule has 0 aromatic carbocycles. The van der Waals surface area contributed by atoms with Crippen LogP contribution in [-0.4, -0.2) is 18.0 Å². The summed E-state index contributed by atoms with van der Waals surface area (Å²) in [6, 6.07) is 0. The van der Waals surface area contributed by atoms with Crippen molar-refractivity contribution in [1.29, 1.82) is 0 Å². The van der Waals surface area contributed by atoms with E-state index in [-0.39, 0.29) is 24.4 Å². The standard InChI is InChI=1S/C28H55NO3/c1-3-5-7-9-11-13-14-16-18-20-22-24-28(31)32-26(25-27(29)30)23-21-19-17-15-12-10-8-6-4-2/h26H,3-25H2,1-2H3,(H2,29,30). The first-order valence-electron chi connectivity index (χ1n) is 14.1. The molecule has 1 amide bonds. The van der Waals surface area contributed by atoms with Gasteiger partial charge in [0.05, 0.1) is 6.42 Å². The van der Waals surface area contributed by atoms with E-state index in [0.29, 0.717) is 6.42 Å². The van der Waals surface area contributed by atoms with Crippen LogP contribution in [0, 0.1) is 0 Å². The Labute approximate surface area is 199 Å². The van der Waals surface area contributed by atoms with Gasteiger partial charge in [0, 0.05) is 6.42 Å². The Morgan fingerprint density at radius 3 is 1.38 bits per heavy atom. The Morgan fingerprint density at radius 2 is 0.969 bits per heavy atom. The first-order valence-corrected chi connectivity index (χ1v) is 14.1. The summed E-state index contributed by atoms with van der Waals surface area (Å²) >= 11 is 0. The highest BCUT2D eigenvalue weighted by atomic mass is 16.5. The molecule has 2 N–H and O–H groups in total. The molecular formula is C28H55NO3. The van der Waals surface area contributed by atoms with E-state index in [0.717, 1.165) is 32.1 Å². The molecule has 0 aliphatic carbocycles. The maximum Gasteiger partial charge on any atom is 0.306 e. The molecule has 0 saturated carbocycles. The van der Waals surface area contributed by atoms with E-state index in [1.807, 2.05) is 0 Å². The van der Waals surface area contributed by atoms with Crippen molar-refractivity contribution in [3.05, 3.63) is 0 Å². The molecule has 0 saturated heterocycles. The second-order valence-corrected chi connectivity index (χ2v) is 9.68. The molecule has 0 spiro atoms. The van der Waals surface area contributed by atoms with Gasteiger partial charge in [-0.25, -0.2) is 0 Å². The van der Waals surface area contributed by atoms with Gasteiger partial charge >= 0.3 is 5.97 Å². The van der Waals surface area contributed by atoms with E-state index in [4.69, 9.17) is 10.5 Å². The molecule has 32 heavy (non-hydrogen) atoms. The highest BCUT2D eigenvalue weighted by molar-refractivity contribution is 5.75. The number of ether oxygens (including phenoxy) is 1. The average Bonchev–Trinajstić information content (AvgIpc) is 2.75. The monoisotopic (exact) mass is 453 g/mol. The van der Waals surface area contributed by atoms with E-state index in [2.05, 4.69) is 13.8 Å². The van der Waals surface area contributed by atoms with Crippen LogP contribution in [0.5, 0.6) is 0 Å². The highest BCUT2D eigenvalue weighted by Gasteiger charge is 2.16. The number of hydrogen-bond acceptors (Lipinski definition) is 3. The van der Waals surface area contributed by atoms with Gasteiger partial charge in [-0.05, 0) is 19.3 Å². The number of amides is 1. The van der Waals surface area contributed by atoms with Crippen molar-refractivity contribution in [3.8, 4) is 0 Å². The number of carbonyl (C=O) groups is 2. The summed E-state index contributed by atoms with van der Waals surface area (Å²) in [5.74, 6) is -0.545. The zero-order valence-corrected chi connectivity index (χ0v) is 21.6. The van der Waals surface area contributed by atoms with Crippen LogP contribution >= 0.6 is 0 Å². The summed E-state index contributed by atoms with van der Waals surface area (Å²) in [5.41, 5.74) is 5.36. The van der Waals surface area contributed by atoms with Gasteiger partial charge in [-0.2, -0.15) is 0 Å². The predicted molar refractivity (Wildman–Crippen MR) is 137 cm³/mol. The van der Waals surface area contributed by atoms with E-state index in [1.165, 1.54) is 103 Å². The van der Waals surface area contributed by atoms with E-state index < -0.39 is 0 Å². The first-order chi connectivity index (χ1) is 15.6. The van der Waals surface area contributed by atoms with Crippen LogP contribution in [0.15, 0.2) is 0 Å². The first kappa shape index (κ1) is 30.9. The molecule has 0 radical (unpaired) electrons. The Morgan fingerprint density at radius 1 is 0.594 bits per heavy atom. The fraction of sp³-hybridized carbons (Fsp3) is 0.929. The zero-order valence-electron chi connectivity index (χ0n) is 21.6. The van der Waals surface area contributed by atoms with Gasteiger partial charge in [-0.1, -0.05) is 129 Å². The average molecular weight is 454 g/mol. The maximum atomic E-state index is 12.2. The molecule has 1 atom stereocenters. The lowest BCUT2D eigenvalue weighted by atomic mass is 10.0. The van der Waals surface area contributed by atoms with Gasteiger partial charge < -0.3 is 10.5 Å². The number of hydrogen-bond donors (Lipinski definition) is 1. The zero-order chi connectivity index (χ0) is 23.7. The smallest absolute Gasteiger partial charge is 0.306 e. The molecule has 0 heterocycles. The molecule has 0 fully saturated rings. The Balaban J connectivity index is 3.71. The quantitative estimate of drug-likeness (QED) is 0.111. The summed E-state index contributed by atoms with van der Waals surface area (Å²) < 4.78 is 5.59. The van der Waals surface area contributed by atoms with Crippen molar-refractivity contribution in [1.82, 2.24) is 0 Å². The summed E-state index contributed by atoms with van der Waals surface area (Å²) in [7, 11) is 0. The molecule has 4 nitrogen and oxygen atoms in total. The SMILES string of the molecule is CCCCCCCCCCCCCC(=O)OC(CCCCCCCCCCC)CC(N)=O. The Hall–Kier alpha value is -1.06. The van der Waals surface area contributed by atoms with Crippen molar-refractivity contribution in [2.24, 2.45) is 5.73 Å². The number of unbranched alkanes of at least 4 members (excludes halogenated alkanes) is 18. The third-order valence-electron chi connectivity index (χ3n) is 6.34. The molecule has 0 aromatic heterocycles. The lowest BCUT2D eigenvalue weighted by Crippen LogP contribution is -2.25. The highest BCUT2D eigenvalue weighted by Crippen LogP contribution is 2.16. The summed E-state index contributed by atoms with van der Waals surface area (Å²) in [5, 5.41) is 0. The molecule has 0 aliphatic rings. The second kappa shape index (κ2) is 24.6. The molecule has 0 aliphatic heterocycles. The molecular weight excluding hydrogens is 398 g/mol. The van der Waals surface area contributed by atoms with Gasteiger partial charge in [-0.3, -0.25) is 9.59 Å². The predicted octanol–water partition coefficient (Wildman–Crippen LogP) is 8.40. The molecule has 190 valence electrons. The summed E-state index contributed by atoms with van der Waals surface area (Å²) in [6.45, 7) is 4.50. The molecule has 4 heteroatoms. The van der Waals surface area contributed by atoms with Crippen LogP contribution in [0.1, 0.15) is 162 Å². The fourth-order valence-electron chi connectivity index (χ4n) is 4.29. The van der Waals surface area contributed by atoms with Gasteiger partial charge in [0.1, 0.15) is 6.10 Å². The van der Waals surface area contributed by atoms with E-state index in [1.54, 1.807) is 0 Å². The number of primary amides is 1. The minimum absolute atomic E-state index is 0.154. The largest absolute Gasteiger partial charge is 0.462 e. The number of nitrogens with two attached hydrogens (primary N) is 1. The lowest BCUT2D eigenvalue weighted by molar-refractivity contribution is -0.150. The molecule has 0 rings (SSSR count).